The summed E-state index contributed by atoms with van der Waals surface area (Å²) in [6, 6.07) is 0.302. The first-order valence-electron chi connectivity index (χ1n) is 6.65. The van der Waals surface area contributed by atoms with Gasteiger partial charge in [-0.05, 0) is 40.0 Å². The summed E-state index contributed by atoms with van der Waals surface area (Å²) in [4.78, 5) is 2.16. The van der Waals surface area contributed by atoms with E-state index in [4.69, 9.17) is 10.8 Å². The highest BCUT2D eigenvalue weighted by atomic mass is 16.2. The molecule has 0 aliphatic rings. The molecule has 1 rings (SSSR count). The monoisotopic (exact) mass is 254 g/mol. The first-order chi connectivity index (χ1) is 8.49. The van der Waals surface area contributed by atoms with Crippen LogP contribution in [0.5, 0.6) is 0 Å². The molecule has 0 aliphatic heterocycles. The van der Waals surface area contributed by atoms with E-state index in [0.717, 1.165) is 43.0 Å². The minimum atomic E-state index is 0.273. The Bertz CT molecular complexity index is 373. The van der Waals surface area contributed by atoms with E-state index in [9.17, 15) is 0 Å². The lowest BCUT2D eigenvalue weighted by molar-refractivity contribution is 0.283. The van der Waals surface area contributed by atoms with Crippen molar-refractivity contribution in [2.75, 3.05) is 30.8 Å². The molecule has 0 saturated heterocycles. The number of nitrogen functional groups attached to an aromatic ring is 1. The number of aliphatic hydroxyl groups excluding tert-OH is 1. The minimum Gasteiger partial charge on any atom is -0.396 e. The number of unbranched alkanes of at least 4 members (excludes halogenated alkanes) is 2. The van der Waals surface area contributed by atoms with Gasteiger partial charge in [0.15, 0.2) is 5.82 Å². The molecule has 1 aromatic rings. The van der Waals surface area contributed by atoms with Crippen LogP contribution in [0, 0.1) is 6.92 Å². The second kappa shape index (κ2) is 6.64. The number of anilines is 2. The Morgan fingerprint density at radius 3 is 2.56 bits per heavy atom. The van der Waals surface area contributed by atoms with Crippen molar-refractivity contribution in [1.82, 2.24) is 9.78 Å². The van der Waals surface area contributed by atoms with Gasteiger partial charge in [-0.3, -0.25) is 0 Å². The van der Waals surface area contributed by atoms with E-state index < -0.39 is 0 Å². The van der Waals surface area contributed by atoms with Crippen molar-refractivity contribution in [3.63, 3.8) is 0 Å². The van der Waals surface area contributed by atoms with Crippen molar-refractivity contribution < 1.29 is 5.11 Å². The third kappa shape index (κ3) is 3.38. The molecule has 18 heavy (non-hydrogen) atoms. The summed E-state index contributed by atoms with van der Waals surface area (Å²) in [5.41, 5.74) is 7.77. The van der Waals surface area contributed by atoms with Gasteiger partial charge in [0.2, 0.25) is 0 Å². The average Bonchev–Trinajstić information content (AvgIpc) is 2.62. The lowest BCUT2D eigenvalue weighted by Gasteiger charge is -2.22. The van der Waals surface area contributed by atoms with Crippen LogP contribution in [0.25, 0.3) is 0 Å². The summed E-state index contributed by atoms with van der Waals surface area (Å²) in [5.74, 6) is 1.01. The Balaban J connectivity index is 2.74. The van der Waals surface area contributed by atoms with Gasteiger partial charge in [0, 0.05) is 26.2 Å². The highest BCUT2D eigenvalue weighted by Crippen LogP contribution is 2.28. The van der Waals surface area contributed by atoms with Crippen LogP contribution in [0.3, 0.4) is 0 Å². The van der Waals surface area contributed by atoms with Crippen LogP contribution in [-0.2, 0) is 0 Å². The number of rotatable bonds is 7. The average molecular weight is 254 g/mol. The standard InChI is InChI=1S/C13H26N4O/c1-10(2)17-13(12(14)11(3)15-17)16(4)8-6-5-7-9-18/h10,18H,5-9,14H2,1-4H3. The number of aryl methyl sites for hydroxylation is 1. The molecule has 1 heterocycles. The molecule has 0 aliphatic carbocycles. The second-order valence-electron chi connectivity index (χ2n) is 5.07. The zero-order valence-electron chi connectivity index (χ0n) is 12.0. The van der Waals surface area contributed by atoms with Gasteiger partial charge < -0.3 is 15.7 Å². The van der Waals surface area contributed by atoms with E-state index >= 15 is 0 Å². The summed E-state index contributed by atoms with van der Waals surface area (Å²) in [6.07, 6.45) is 2.96. The van der Waals surface area contributed by atoms with Gasteiger partial charge in [0.05, 0.1) is 11.4 Å². The third-order valence-corrected chi connectivity index (χ3v) is 3.11. The van der Waals surface area contributed by atoms with Gasteiger partial charge in [-0.1, -0.05) is 0 Å². The van der Waals surface area contributed by atoms with E-state index in [1.165, 1.54) is 0 Å². The number of nitrogens with zero attached hydrogens (tertiary/aromatic N) is 3. The maximum atomic E-state index is 8.77. The number of hydrogen-bond acceptors (Lipinski definition) is 4. The minimum absolute atomic E-state index is 0.273. The van der Waals surface area contributed by atoms with E-state index in [2.05, 4.69) is 23.8 Å². The molecule has 0 amide bonds. The highest BCUT2D eigenvalue weighted by molar-refractivity contribution is 5.66. The molecule has 3 N–H and O–H groups in total. The maximum Gasteiger partial charge on any atom is 0.150 e. The smallest absolute Gasteiger partial charge is 0.150 e. The van der Waals surface area contributed by atoms with Gasteiger partial charge in [-0.25, -0.2) is 4.68 Å². The molecule has 0 unspecified atom stereocenters. The van der Waals surface area contributed by atoms with Crippen LogP contribution in [0.2, 0.25) is 0 Å². The fourth-order valence-corrected chi connectivity index (χ4v) is 2.03. The molecule has 5 heteroatoms. The molecule has 5 nitrogen and oxygen atoms in total. The summed E-state index contributed by atoms with van der Waals surface area (Å²) in [6.45, 7) is 7.36. The number of hydrogen-bond donors (Lipinski definition) is 2. The molecule has 0 saturated carbocycles. The Hall–Kier alpha value is -1.23. The number of aliphatic hydroxyl groups is 1. The van der Waals surface area contributed by atoms with Crippen LogP contribution >= 0.6 is 0 Å². The lowest BCUT2D eigenvalue weighted by Crippen LogP contribution is -2.23. The molecule has 1 aromatic heterocycles. The van der Waals surface area contributed by atoms with E-state index in [-0.39, 0.29) is 6.61 Å². The van der Waals surface area contributed by atoms with Crippen molar-refractivity contribution in [2.45, 2.75) is 46.1 Å². The predicted octanol–water partition coefficient (Wildman–Crippen LogP) is 1.95. The molecular formula is C13H26N4O. The Kier molecular flexibility index (Phi) is 5.47. The SMILES string of the molecule is Cc1nn(C(C)C)c(N(C)CCCCCO)c1N. The van der Waals surface area contributed by atoms with Crippen LogP contribution in [0.4, 0.5) is 11.5 Å². The predicted molar refractivity (Wildman–Crippen MR) is 76.0 cm³/mol. The molecule has 0 aromatic carbocycles. The van der Waals surface area contributed by atoms with Crippen molar-refractivity contribution >= 4 is 11.5 Å². The second-order valence-corrected chi connectivity index (χ2v) is 5.07. The van der Waals surface area contributed by atoms with E-state index in [1.807, 2.05) is 18.7 Å². The highest BCUT2D eigenvalue weighted by Gasteiger charge is 2.17. The largest absolute Gasteiger partial charge is 0.396 e. The van der Waals surface area contributed by atoms with Gasteiger partial charge in [-0.15, -0.1) is 0 Å². The number of nitrogens with two attached hydrogens (primary N) is 1. The Labute approximate surface area is 110 Å². The van der Waals surface area contributed by atoms with Gasteiger partial charge in [0.25, 0.3) is 0 Å². The topological polar surface area (TPSA) is 67.3 Å². The summed E-state index contributed by atoms with van der Waals surface area (Å²) in [5, 5.41) is 13.3. The van der Waals surface area contributed by atoms with Crippen LogP contribution in [0.1, 0.15) is 44.8 Å². The molecule has 0 atom stereocenters. The van der Waals surface area contributed by atoms with Crippen molar-refractivity contribution in [3.05, 3.63) is 5.69 Å². The zero-order valence-corrected chi connectivity index (χ0v) is 12.0. The first kappa shape index (κ1) is 14.8. The van der Waals surface area contributed by atoms with Crippen LogP contribution in [-0.4, -0.2) is 35.1 Å². The van der Waals surface area contributed by atoms with Crippen molar-refractivity contribution in [3.8, 4) is 0 Å². The van der Waals surface area contributed by atoms with E-state index in [1.54, 1.807) is 0 Å². The number of aromatic nitrogens is 2. The third-order valence-electron chi connectivity index (χ3n) is 3.11. The molecule has 0 fully saturated rings. The quantitative estimate of drug-likeness (QED) is 0.730. The van der Waals surface area contributed by atoms with Gasteiger partial charge in [0.1, 0.15) is 0 Å². The maximum absolute atomic E-state index is 8.77. The molecule has 0 spiro atoms. The summed E-state index contributed by atoms with van der Waals surface area (Å²) in [7, 11) is 2.05. The van der Waals surface area contributed by atoms with Crippen LogP contribution in [0.15, 0.2) is 0 Å². The van der Waals surface area contributed by atoms with Gasteiger partial charge in [-0.2, -0.15) is 5.10 Å². The van der Waals surface area contributed by atoms with Crippen LogP contribution < -0.4 is 10.6 Å². The normalized spacial score (nSPS) is 11.2. The first-order valence-corrected chi connectivity index (χ1v) is 6.65. The molecule has 0 radical (unpaired) electrons. The van der Waals surface area contributed by atoms with Crippen molar-refractivity contribution in [1.29, 1.82) is 0 Å². The molecule has 104 valence electrons. The fourth-order valence-electron chi connectivity index (χ4n) is 2.03. The summed E-state index contributed by atoms with van der Waals surface area (Å²) < 4.78 is 1.98. The fraction of sp³-hybridized carbons (Fsp3) is 0.769. The zero-order chi connectivity index (χ0) is 13.7. The van der Waals surface area contributed by atoms with E-state index in [0.29, 0.717) is 6.04 Å². The van der Waals surface area contributed by atoms with Gasteiger partial charge >= 0.3 is 0 Å². The van der Waals surface area contributed by atoms with Crippen molar-refractivity contribution in [2.24, 2.45) is 0 Å². The lowest BCUT2D eigenvalue weighted by atomic mass is 10.2. The summed E-state index contributed by atoms with van der Waals surface area (Å²) >= 11 is 0. The molecule has 0 bridgehead atoms. The molecular weight excluding hydrogens is 228 g/mol. The Morgan fingerprint density at radius 1 is 1.33 bits per heavy atom. The Morgan fingerprint density at radius 2 is 2.00 bits per heavy atom.